The molecule has 2 heterocycles. The second-order valence-corrected chi connectivity index (χ2v) is 4.16. The molecule has 0 unspecified atom stereocenters. The number of H-pyrrole nitrogens is 1. The Hall–Kier alpha value is -2.63. The summed E-state index contributed by atoms with van der Waals surface area (Å²) in [7, 11) is 0. The van der Waals surface area contributed by atoms with Gasteiger partial charge in [0.15, 0.2) is 11.6 Å². The average Bonchev–Trinajstić information content (AvgIpc) is 2.92. The summed E-state index contributed by atoms with van der Waals surface area (Å²) in [6, 6.07) is 7.66. The number of hydrogen-bond acceptors (Lipinski definition) is 5. The maximum atomic E-state index is 5.89. The molecule has 0 radical (unpaired) electrons. The second-order valence-electron chi connectivity index (χ2n) is 4.16. The van der Waals surface area contributed by atoms with Crippen LogP contribution < -0.4 is 11.1 Å². The summed E-state index contributed by atoms with van der Waals surface area (Å²) in [6.45, 7) is 0.699. The van der Waals surface area contributed by atoms with Crippen LogP contribution in [0.1, 0.15) is 5.82 Å². The predicted octanol–water partition coefficient (Wildman–Crippen LogP) is 1.59. The topological polar surface area (TPSA) is 92.5 Å². The lowest BCUT2D eigenvalue weighted by atomic mass is 10.3. The molecule has 6 heteroatoms. The number of nitrogens with two attached hydrogens (primary N) is 1. The molecule has 0 bridgehead atoms. The Kier molecular flexibility index (Phi) is 2.97. The zero-order valence-electron chi connectivity index (χ0n) is 10.3. The van der Waals surface area contributed by atoms with Crippen molar-refractivity contribution in [3.05, 3.63) is 42.5 Å². The van der Waals surface area contributed by atoms with E-state index in [1.54, 1.807) is 12.4 Å². The van der Waals surface area contributed by atoms with Crippen LogP contribution in [0, 0.1) is 0 Å². The van der Waals surface area contributed by atoms with E-state index in [4.69, 9.17) is 5.73 Å². The smallest absolute Gasteiger partial charge is 0.169 e. The number of nitrogen functional groups attached to an aromatic ring is 1. The van der Waals surface area contributed by atoms with E-state index in [1.807, 2.05) is 24.3 Å². The van der Waals surface area contributed by atoms with Crippen LogP contribution in [0.5, 0.6) is 0 Å². The molecule has 0 fully saturated rings. The van der Waals surface area contributed by atoms with Gasteiger partial charge in [-0.05, 0) is 12.1 Å². The Morgan fingerprint density at radius 3 is 2.68 bits per heavy atom. The molecule has 0 amide bonds. The minimum Gasteiger partial charge on any atom is -0.381 e. The van der Waals surface area contributed by atoms with Gasteiger partial charge >= 0.3 is 0 Å². The number of imidazole rings is 1. The highest BCUT2D eigenvalue weighted by Crippen LogP contribution is 2.18. The van der Waals surface area contributed by atoms with Gasteiger partial charge in [-0.3, -0.25) is 0 Å². The van der Waals surface area contributed by atoms with Gasteiger partial charge in [-0.1, -0.05) is 12.1 Å². The Bertz CT molecular complexity index is 677. The van der Waals surface area contributed by atoms with Crippen LogP contribution in [0.2, 0.25) is 0 Å². The van der Waals surface area contributed by atoms with Gasteiger partial charge in [0.25, 0.3) is 0 Å². The SMILES string of the molecule is Nc1nc2ccccc2nc1NCCc1ncc[nH]1. The number of benzene rings is 1. The van der Waals surface area contributed by atoms with E-state index in [2.05, 4.69) is 25.3 Å². The first-order valence-electron chi connectivity index (χ1n) is 6.07. The van der Waals surface area contributed by atoms with E-state index in [-0.39, 0.29) is 0 Å². The average molecular weight is 254 g/mol. The van der Waals surface area contributed by atoms with Gasteiger partial charge in [-0.2, -0.15) is 0 Å². The molecule has 0 spiro atoms. The van der Waals surface area contributed by atoms with Crippen molar-refractivity contribution in [2.45, 2.75) is 6.42 Å². The summed E-state index contributed by atoms with van der Waals surface area (Å²) in [5.74, 6) is 1.96. The molecule has 19 heavy (non-hydrogen) atoms. The lowest BCUT2D eigenvalue weighted by molar-refractivity contribution is 0.922. The number of para-hydroxylation sites is 2. The highest BCUT2D eigenvalue weighted by atomic mass is 15.1. The molecule has 1 aromatic carbocycles. The number of nitrogens with zero attached hydrogens (tertiary/aromatic N) is 3. The zero-order chi connectivity index (χ0) is 13.1. The van der Waals surface area contributed by atoms with Crippen LogP contribution in [-0.4, -0.2) is 26.5 Å². The van der Waals surface area contributed by atoms with Gasteiger partial charge in [0, 0.05) is 25.4 Å². The molecule has 3 rings (SSSR count). The first-order chi connectivity index (χ1) is 9.33. The monoisotopic (exact) mass is 254 g/mol. The Morgan fingerprint density at radius 2 is 1.95 bits per heavy atom. The van der Waals surface area contributed by atoms with Gasteiger partial charge < -0.3 is 16.0 Å². The molecule has 0 aliphatic rings. The molecule has 0 saturated carbocycles. The van der Waals surface area contributed by atoms with Crippen LogP contribution in [0.4, 0.5) is 11.6 Å². The molecule has 3 aromatic rings. The molecular weight excluding hydrogens is 240 g/mol. The van der Waals surface area contributed by atoms with E-state index in [0.717, 1.165) is 23.3 Å². The molecule has 0 aliphatic carbocycles. The molecule has 0 saturated heterocycles. The first kappa shape index (κ1) is 11.5. The van der Waals surface area contributed by atoms with Gasteiger partial charge in [-0.15, -0.1) is 0 Å². The minimum atomic E-state index is 0.415. The Labute approximate surface area is 110 Å². The van der Waals surface area contributed by atoms with Gasteiger partial charge in [0.05, 0.1) is 11.0 Å². The van der Waals surface area contributed by atoms with Crippen molar-refractivity contribution in [3.63, 3.8) is 0 Å². The Balaban J connectivity index is 1.75. The van der Waals surface area contributed by atoms with Crippen LogP contribution in [0.3, 0.4) is 0 Å². The lowest BCUT2D eigenvalue weighted by Gasteiger charge is -2.08. The quantitative estimate of drug-likeness (QED) is 0.657. The largest absolute Gasteiger partial charge is 0.381 e. The first-order valence-corrected chi connectivity index (χ1v) is 6.07. The maximum Gasteiger partial charge on any atom is 0.169 e. The van der Waals surface area contributed by atoms with Crippen molar-refractivity contribution < 1.29 is 0 Å². The van der Waals surface area contributed by atoms with E-state index < -0.39 is 0 Å². The number of aromatic amines is 1. The summed E-state index contributed by atoms with van der Waals surface area (Å²) in [5, 5.41) is 3.18. The fourth-order valence-corrected chi connectivity index (χ4v) is 1.88. The highest BCUT2D eigenvalue weighted by molar-refractivity contribution is 5.79. The number of rotatable bonds is 4. The highest BCUT2D eigenvalue weighted by Gasteiger charge is 2.05. The van der Waals surface area contributed by atoms with Crippen molar-refractivity contribution in [3.8, 4) is 0 Å². The fraction of sp³-hybridized carbons (Fsp3) is 0.154. The minimum absolute atomic E-state index is 0.415. The van der Waals surface area contributed by atoms with Crippen molar-refractivity contribution in [2.75, 3.05) is 17.6 Å². The summed E-state index contributed by atoms with van der Waals surface area (Å²) in [5.41, 5.74) is 7.52. The van der Waals surface area contributed by atoms with Gasteiger partial charge in [0.2, 0.25) is 0 Å². The van der Waals surface area contributed by atoms with Crippen LogP contribution in [0.15, 0.2) is 36.7 Å². The van der Waals surface area contributed by atoms with Crippen LogP contribution in [-0.2, 0) is 6.42 Å². The van der Waals surface area contributed by atoms with Crippen molar-refractivity contribution >= 4 is 22.7 Å². The number of anilines is 2. The van der Waals surface area contributed by atoms with E-state index in [1.165, 1.54) is 0 Å². The number of aromatic nitrogens is 4. The Morgan fingerprint density at radius 1 is 1.16 bits per heavy atom. The molecule has 0 atom stereocenters. The van der Waals surface area contributed by atoms with Crippen molar-refractivity contribution in [2.24, 2.45) is 0 Å². The molecule has 2 aromatic heterocycles. The summed E-state index contributed by atoms with van der Waals surface area (Å²) < 4.78 is 0. The number of nitrogens with one attached hydrogen (secondary N) is 2. The summed E-state index contributed by atoms with van der Waals surface area (Å²) in [6.07, 6.45) is 4.32. The third-order valence-electron chi connectivity index (χ3n) is 2.81. The molecule has 0 aliphatic heterocycles. The zero-order valence-corrected chi connectivity index (χ0v) is 10.3. The number of fused-ring (bicyclic) bond motifs is 1. The molecule has 6 nitrogen and oxygen atoms in total. The normalized spacial score (nSPS) is 10.7. The molecular formula is C13H14N6. The van der Waals surface area contributed by atoms with E-state index in [9.17, 15) is 0 Å². The molecule has 4 N–H and O–H groups in total. The second kappa shape index (κ2) is 4.93. The van der Waals surface area contributed by atoms with Gasteiger partial charge in [0.1, 0.15) is 5.82 Å². The van der Waals surface area contributed by atoms with E-state index in [0.29, 0.717) is 18.2 Å². The fourth-order valence-electron chi connectivity index (χ4n) is 1.88. The summed E-state index contributed by atoms with van der Waals surface area (Å²) >= 11 is 0. The van der Waals surface area contributed by atoms with Crippen LogP contribution >= 0.6 is 0 Å². The maximum absolute atomic E-state index is 5.89. The van der Waals surface area contributed by atoms with Gasteiger partial charge in [-0.25, -0.2) is 15.0 Å². The van der Waals surface area contributed by atoms with Crippen molar-refractivity contribution in [1.29, 1.82) is 0 Å². The standard InChI is InChI=1S/C13H14N6/c14-12-13(17-6-5-11-15-7-8-16-11)19-10-4-2-1-3-9(10)18-12/h1-4,7-8H,5-6H2,(H2,14,18)(H,15,16)(H,17,19). The number of hydrogen-bond donors (Lipinski definition) is 3. The summed E-state index contributed by atoms with van der Waals surface area (Å²) in [4.78, 5) is 16.0. The molecule has 96 valence electrons. The van der Waals surface area contributed by atoms with Crippen molar-refractivity contribution in [1.82, 2.24) is 19.9 Å². The third-order valence-corrected chi connectivity index (χ3v) is 2.81. The third kappa shape index (κ3) is 2.47. The van der Waals surface area contributed by atoms with E-state index >= 15 is 0 Å². The predicted molar refractivity (Wildman–Crippen MR) is 74.7 cm³/mol. The van der Waals surface area contributed by atoms with Crippen LogP contribution in [0.25, 0.3) is 11.0 Å². The lowest BCUT2D eigenvalue weighted by Crippen LogP contribution is -2.10.